The number of nitrogens with zero attached hydrogens (tertiary/aromatic N) is 5. The molecule has 10 heteroatoms. The van der Waals surface area contributed by atoms with E-state index in [-0.39, 0.29) is 12.2 Å². The van der Waals surface area contributed by atoms with Crippen LogP contribution in [0.5, 0.6) is 0 Å². The van der Waals surface area contributed by atoms with Crippen molar-refractivity contribution in [2.24, 2.45) is 5.73 Å². The molecule has 3 aliphatic rings. The van der Waals surface area contributed by atoms with Crippen LogP contribution in [0.3, 0.4) is 0 Å². The fourth-order valence-corrected chi connectivity index (χ4v) is 5.47. The third-order valence-electron chi connectivity index (χ3n) is 6.38. The highest BCUT2D eigenvalue weighted by atomic mass is 32.1. The summed E-state index contributed by atoms with van der Waals surface area (Å²) in [7, 11) is 0. The van der Waals surface area contributed by atoms with Gasteiger partial charge >= 0.3 is 0 Å². The van der Waals surface area contributed by atoms with E-state index < -0.39 is 23.7 Å². The molecule has 0 spiro atoms. The summed E-state index contributed by atoms with van der Waals surface area (Å²) in [6, 6.07) is 0. The number of hydrogen-bond acceptors (Lipinski definition) is 9. The van der Waals surface area contributed by atoms with E-state index in [0.717, 1.165) is 36.4 Å². The monoisotopic (exact) mass is 452 g/mol. The minimum atomic E-state index is -0.736. The van der Waals surface area contributed by atoms with Gasteiger partial charge in [-0.05, 0) is 32.6 Å². The first-order valence-electron chi connectivity index (χ1n) is 10.8. The van der Waals surface area contributed by atoms with Gasteiger partial charge in [-0.25, -0.2) is 19.9 Å². The van der Waals surface area contributed by atoms with Crippen molar-refractivity contribution in [3.63, 3.8) is 0 Å². The molecule has 6 rings (SSSR count). The van der Waals surface area contributed by atoms with Crippen LogP contribution in [0.2, 0.25) is 0 Å². The number of thiazole rings is 1. The summed E-state index contributed by atoms with van der Waals surface area (Å²) in [6.07, 6.45) is 7.37. The Labute approximate surface area is 189 Å². The average Bonchev–Trinajstić information content (AvgIpc) is 3.56. The van der Waals surface area contributed by atoms with Crippen LogP contribution in [0.4, 0.5) is 0 Å². The Morgan fingerprint density at radius 2 is 1.94 bits per heavy atom. The van der Waals surface area contributed by atoms with Crippen molar-refractivity contribution in [3.05, 3.63) is 34.9 Å². The Morgan fingerprint density at radius 3 is 2.72 bits per heavy atom. The minimum Gasteiger partial charge on any atom is -0.341 e. The van der Waals surface area contributed by atoms with E-state index in [9.17, 15) is 0 Å². The van der Waals surface area contributed by atoms with Crippen LogP contribution in [0.1, 0.15) is 56.5 Å². The molecule has 9 nitrogen and oxygen atoms in total. The van der Waals surface area contributed by atoms with E-state index in [2.05, 4.69) is 31.8 Å². The van der Waals surface area contributed by atoms with Crippen molar-refractivity contribution in [3.8, 4) is 11.8 Å². The Bertz CT molecular complexity index is 1210. The molecular weight excluding hydrogens is 428 g/mol. The molecule has 0 unspecified atom stereocenters. The molecule has 3 fully saturated rings. The first-order chi connectivity index (χ1) is 15.4. The van der Waals surface area contributed by atoms with Crippen molar-refractivity contribution in [1.82, 2.24) is 24.5 Å². The van der Waals surface area contributed by atoms with Crippen LogP contribution in [0.25, 0.3) is 11.2 Å². The zero-order valence-electron chi connectivity index (χ0n) is 17.9. The molecule has 0 bridgehead atoms. The maximum absolute atomic E-state index is 6.70. The lowest BCUT2D eigenvalue weighted by atomic mass is 9.94. The van der Waals surface area contributed by atoms with Crippen LogP contribution in [-0.2, 0) is 19.7 Å². The quantitative estimate of drug-likeness (QED) is 0.591. The van der Waals surface area contributed by atoms with Crippen LogP contribution in [0.15, 0.2) is 24.2 Å². The highest BCUT2D eigenvalue weighted by Gasteiger charge is 2.56. The van der Waals surface area contributed by atoms with Gasteiger partial charge in [-0.1, -0.05) is 18.8 Å². The van der Waals surface area contributed by atoms with E-state index in [4.69, 9.17) is 19.9 Å². The third kappa shape index (κ3) is 3.24. The molecule has 5 heterocycles. The highest BCUT2D eigenvalue weighted by Crippen LogP contribution is 2.44. The number of rotatable bonds is 2. The largest absolute Gasteiger partial charge is 0.341 e. The number of hydrogen-bond donors (Lipinski definition) is 1. The zero-order valence-corrected chi connectivity index (χ0v) is 18.7. The summed E-state index contributed by atoms with van der Waals surface area (Å²) in [4.78, 5) is 17.9. The van der Waals surface area contributed by atoms with Gasteiger partial charge in [0.1, 0.15) is 30.2 Å². The van der Waals surface area contributed by atoms with E-state index in [1.807, 2.05) is 23.8 Å². The topological polar surface area (TPSA) is 110 Å². The Kier molecular flexibility index (Phi) is 4.61. The summed E-state index contributed by atoms with van der Waals surface area (Å²) in [6.45, 7) is 3.80. The lowest BCUT2D eigenvalue weighted by Gasteiger charge is -2.24. The van der Waals surface area contributed by atoms with Gasteiger partial charge in [0.25, 0.3) is 0 Å². The molecule has 2 aliphatic heterocycles. The molecule has 0 aromatic carbocycles. The van der Waals surface area contributed by atoms with Crippen molar-refractivity contribution < 1.29 is 14.2 Å². The summed E-state index contributed by atoms with van der Waals surface area (Å²) in [5.41, 5.74) is 8.43. The van der Waals surface area contributed by atoms with Crippen LogP contribution in [-0.4, -0.2) is 48.6 Å². The molecule has 0 amide bonds. The van der Waals surface area contributed by atoms with Crippen molar-refractivity contribution in [2.45, 2.75) is 75.4 Å². The SMILES string of the molecule is CC1(C)O[C@@H]2[C@H](O1)[C@@H](C#Cc1nccs1)O[C@H]2n1cnc2c(C3(N)CCCC3)ncnc21. The van der Waals surface area contributed by atoms with Crippen molar-refractivity contribution in [2.75, 3.05) is 0 Å². The Balaban J connectivity index is 1.38. The average molecular weight is 453 g/mol. The number of nitrogens with two attached hydrogens (primary N) is 1. The van der Waals surface area contributed by atoms with Crippen molar-refractivity contribution in [1.29, 1.82) is 0 Å². The first kappa shape index (κ1) is 20.2. The summed E-state index contributed by atoms with van der Waals surface area (Å²) >= 11 is 1.49. The summed E-state index contributed by atoms with van der Waals surface area (Å²) in [5.74, 6) is 5.53. The molecule has 3 aromatic rings. The Morgan fingerprint density at radius 1 is 1.12 bits per heavy atom. The fraction of sp³-hybridized carbons (Fsp3) is 0.545. The molecule has 2 saturated heterocycles. The van der Waals surface area contributed by atoms with E-state index in [0.29, 0.717) is 11.2 Å². The van der Waals surface area contributed by atoms with Gasteiger partial charge in [0.2, 0.25) is 0 Å². The standard InChI is InChI=1S/C22H24N6O3S/c1-21(2)30-16-13(5-6-14-24-9-10-32-14)29-20(17(16)31-21)28-12-27-15-18(25-11-26-19(15)28)22(23)7-3-4-8-22/h9-13,16-17,20H,3-4,7-8,23H2,1-2H3/t13-,16-,17-,20-/m1/s1. The maximum Gasteiger partial charge on any atom is 0.167 e. The van der Waals surface area contributed by atoms with E-state index in [1.54, 1.807) is 18.9 Å². The molecule has 3 aromatic heterocycles. The maximum atomic E-state index is 6.70. The summed E-state index contributed by atoms with van der Waals surface area (Å²) < 4.78 is 20.6. The second-order valence-corrected chi connectivity index (χ2v) is 9.92. The smallest absolute Gasteiger partial charge is 0.167 e. The van der Waals surface area contributed by atoms with Crippen LogP contribution >= 0.6 is 11.3 Å². The number of aromatic nitrogens is 5. The lowest BCUT2D eigenvalue weighted by Crippen LogP contribution is -2.34. The molecular formula is C22H24N6O3S. The second-order valence-electron chi connectivity index (χ2n) is 9.03. The summed E-state index contributed by atoms with van der Waals surface area (Å²) in [5, 5.41) is 2.63. The highest BCUT2D eigenvalue weighted by molar-refractivity contribution is 7.10. The van der Waals surface area contributed by atoms with Gasteiger partial charge in [0, 0.05) is 11.6 Å². The predicted octanol–water partition coefficient (Wildman–Crippen LogP) is 2.48. The molecule has 0 radical (unpaired) electrons. The molecule has 166 valence electrons. The Hall–Kier alpha value is -2.42. The zero-order chi connectivity index (χ0) is 21.9. The second kappa shape index (κ2) is 7.30. The van der Waals surface area contributed by atoms with E-state index in [1.165, 1.54) is 11.3 Å². The van der Waals surface area contributed by atoms with Crippen LogP contribution < -0.4 is 5.73 Å². The van der Waals surface area contributed by atoms with Crippen LogP contribution in [0, 0.1) is 11.8 Å². The molecule has 2 N–H and O–H groups in total. The molecule has 4 atom stereocenters. The van der Waals surface area contributed by atoms with E-state index >= 15 is 0 Å². The van der Waals surface area contributed by atoms with Gasteiger partial charge in [0.05, 0.1) is 17.6 Å². The van der Waals surface area contributed by atoms with Gasteiger partial charge < -0.3 is 19.9 Å². The van der Waals surface area contributed by atoms with Crippen molar-refractivity contribution >= 4 is 22.5 Å². The predicted molar refractivity (Wildman–Crippen MR) is 116 cm³/mol. The minimum absolute atomic E-state index is 0.336. The van der Waals surface area contributed by atoms with Gasteiger partial charge in [0.15, 0.2) is 22.7 Å². The first-order valence-corrected chi connectivity index (χ1v) is 11.7. The molecule has 1 saturated carbocycles. The fourth-order valence-electron chi connectivity index (χ4n) is 4.98. The van der Waals surface area contributed by atoms with Gasteiger partial charge in [-0.2, -0.15) is 0 Å². The molecule has 1 aliphatic carbocycles. The number of ether oxygens (including phenoxy) is 3. The van der Waals surface area contributed by atoms with Gasteiger partial charge in [-0.15, -0.1) is 11.3 Å². The van der Waals surface area contributed by atoms with Gasteiger partial charge in [-0.3, -0.25) is 4.57 Å². The molecule has 32 heavy (non-hydrogen) atoms. The third-order valence-corrected chi connectivity index (χ3v) is 7.07. The number of fused-ring (bicyclic) bond motifs is 2. The number of imidazole rings is 1. The normalized spacial score (nSPS) is 30.3. The lowest BCUT2D eigenvalue weighted by molar-refractivity contribution is -0.190.